The number of amides is 15. The summed E-state index contributed by atoms with van der Waals surface area (Å²) >= 11 is 0. The summed E-state index contributed by atoms with van der Waals surface area (Å²) in [4.78, 5) is 272. The fourth-order valence-corrected chi connectivity index (χ4v) is 15.4. The zero-order valence-electron chi connectivity index (χ0n) is 76.2. The van der Waals surface area contributed by atoms with Crippen molar-refractivity contribution in [3.05, 3.63) is 29.8 Å². The van der Waals surface area contributed by atoms with Gasteiger partial charge in [0.05, 0.1) is 44.1 Å². The molecule has 4 rings (SSSR count). The Hall–Kier alpha value is -10.9. The number of benzene rings is 1. The monoisotopic (exact) mass is 1790 g/mol. The molecule has 18 atom stereocenters. The van der Waals surface area contributed by atoms with Crippen LogP contribution in [0.4, 0.5) is 0 Å². The van der Waals surface area contributed by atoms with E-state index in [2.05, 4.69) is 37.2 Å². The van der Waals surface area contributed by atoms with Crippen molar-refractivity contribution in [2.45, 2.75) is 334 Å². The third-order valence-corrected chi connectivity index (χ3v) is 23.1. The number of likely N-dealkylation sites (N-methyl/N-ethyl adjacent to an activating group) is 2. The summed E-state index contributed by atoms with van der Waals surface area (Å²) in [6.45, 7) is 19.2. The van der Waals surface area contributed by atoms with E-state index in [1.54, 1.807) is 65.8 Å². The Morgan fingerprint density at radius 1 is 0.646 bits per heavy atom. The molecule has 0 radical (unpaired) electrons. The number of nitrogens with one attached hydrogen (secondary N) is 7. The molecule has 0 bridgehead atoms. The molecule has 15 amide bonds. The normalized spacial score (nSPS) is 22.6. The minimum Gasteiger partial charge on any atom is -0.497 e. The predicted molar refractivity (Wildman–Crippen MR) is 459 cm³/mol. The summed E-state index contributed by atoms with van der Waals surface area (Å²) in [5.74, 6) is -21.7. The molecule has 40 nitrogen and oxygen atoms in total. The van der Waals surface area contributed by atoms with Crippen molar-refractivity contribution in [2.75, 3.05) is 34.3 Å². The molecule has 3 heterocycles. The van der Waals surface area contributed by atoms with Crippen LogP contribution in [0.2, 0.25) is 0 Å². The number of carbonyl (C=O) groups is 19. The van der Waals surface area contributed by atoms with E-state index >= 15 is 24.0 Å². The summed E-state index contributed by atoms with van der Waals surface area (Å²) in [6, 6.07) is -10.7. The van der Waals surface area contributed by atoms with E-state index in [9.17, 15) is 77.3 Å². The van der Waals surface area contributed by atoms with Crippen LogP contribution >= 0.6 is 0 Å². The molecule has 40 heteroatoms. The number of likely N-dealkylation sites (tertiary alicyclic amines) is 1. The molecule has 0 aromatic heterocycles. The fraction of sp³-hybridized carbons (Fsp3) is 0.713. The largest absolute Gasteiger partial charge is 0.497 e. The third kappa shape index (κ3) is 34.6. The van der Waals surface area contributed by atoms with Gasteiger partial charge in [0.1, 0.15) is 72.3 Å². The smallest absolute Gasteiger partial charge is 0.329 e. The molecular formula is C87H139N15O25. The van der Waals surface area contributed by atoms with Gasteiger partial charge in [-0.05, 0) is 133 Å². The highest BCUT2D eigenvalue weighted by Crippen LogP contribution is 2.29. The quantitative estimate of drug-likeness (QED) is 0.0177. The van der Waals surface area contributed by atoms with Gasteiger partial charge in [0.2, 0.25) is 82.7 Å². The van der Waals surface area contributed by atoms with E-state index in [4.69, 9.17) is 41.9 Å². The first-order chi connectivity index (χ1) is 59.7. The van der Waals surface area contributed by atoms with Crippen molar-refractivity contribution in [1.29, 1.82) is 0 Å². The molecule has 3 aliphatic heterocycles. The van der Waals surface area contributed by atoms with Crippen LogP contribution in [-0.4, -0.2) is 273 Å². The number of nitrogens with two attached hydrogens (primary N) is 4. The highest BCUT2D eigenvalue weighted by Gasteiger charge is 2.48. The number of cyclic esters (lactones) is 2. The number of ketones is 1. The molecule has 17 N–H and O–H groups in total. The zero-order valence-corrected chi connectivity index (χ0v) is 76.2. The average molecular weight is 1800 g/mol. The third-order valence-electron chi connectivity index (χ3n) is 23.1. The maximum absolute atomic E-state index is 15.5. The molecule has 1 aromatic carbocycles. The van der Waals surface area contributed by atoms with Crippen LogP contribution in [-0.2, 0) is 112 Å². The van der Waals surface area contributed by atoms with Crippen molar-refractivity contribution < 1.29 is 120 Å². The number of hydrogen-bond donors (Lipinski definition) is 13. The number of aliphatic hydroxyl groups excluding tert-OH is 2. The van der Waals surface area contributed by atoms with Crippen molar-refractivity contribution in [2.24, 2.45) is 52.5 Å². The van der Waals surface area contributed by atoms with E-state index in [1.807, 2.05) is 20.8 Å². The zero-order chi connectivity index (χ0) is 95.5. The molecule has 127 heavy (non-hydrogen) atoms. The summed E-state index contributed by atoms with van der Waals surface area (Å²) in [6.07, 6.45) is -8.38. The number of unbranched alkanes of at least 4 members (excludes halogenated alkanes) is 4. The van der Waals surface area contributed by atoms with Gasteiger partial charge in [-0.1, -0.05) is 113 Å². The van der Waals surface area contributed by atoms with E-state index in [0.717, 1.165) is 47.3 Å². The molecule has 712 valence electrons. The Balaban J connectivity index is 1.74. The van der Waals surface area contributed by atoms with Gasteiger partial charge < -0.3 is 109 Å². The average Bonchev–Trinajstić information content (AvgIpc) is 1.70. The maximum Gasteiger partial charge on any atom is 0.329 e. The van der Waals surface area contributed by atoms with Crippen molar-refractivity contribution in [3.63, 3.8) is 0 Å². The highest BCUT2D eigenvalue weighted by molar-refractivity contribution is 6.05. The van der Waals surface area contributed by atoms with Gasteiger partial charge in [-0.3, -0.25) is 81.5 Å². The van der Waals surface area contributed by atoms with Gasteiger partial charge >= 0.3 is 17.9 Å². The van der Waals surface area contributed by atoms with Crippen LogP contribution in [0.1, 0.15) is 236 Å². The standard InChI is InChI=1S/C87H139N15O25/c1-16-18-19-20-21-24-54(103)44-70(109)92-56(31-35-66(88)105)77(113)93-57(32-36-67(89)106)78(114)94-58(33-37-68(90)107)79(115)95-59(34-38-69(91)108)86(122)126-52(12)82(118)101-39-22-25-61(101)84(120)99(13)63(42-47(5)6)80(116)98-73-51(11)125-87(123)64(43-53-27-29-55(124-15)30-28-53)100(14)85(121)62-26-23-40-102(62)83(119)60(41-46(3)4)96-76(112)50(10)74(111)75(48(7)8)127-71(110)45-65(104)72(49(9)17-2)97-81(73)117/h27-30,46-52,54,56-65,72-73,75,103-104H,16-26,31-45H2,1-15H3,(H2,88,105)(H2,89,106)(H2,90,107)(H2,91,108)(H,92,109)(H,93,113)(H,94,114)(H,95,115)(H,96,112)(H,97,117)(H,98,116)/t49-,50-,51+,52-,54+,56-,57-,58-,59-,60-,61-,62-,63+,64-,65-,72-,73-,75-/m0/s1. The Kier molecular flexibility index (Phi) is 45.2. The minimum atomic E-state index is -1.95. The number of aliphatic hydroxyl groups is 2. The van der Waals surface area contributed by atoms with E-state index < -0.39 is 297 Å². The molecular weight excluding hydrogens is 1660 g/mol. The number of fused-ring (bicyclic) bond motifs is 1. The van der Waals surface area contributed by atoms with Crippen molar-refractivity contribution in [3.8, 4) is 5.75 Å². The summed E-state index contributed by atoms with van der Waals surface area (Å²) in [5, 5.41) is 40.4. The SMILES string of the molecule is CCCCCCC[C@@H](O)CC(=O)N[C@@H](CCC(N)=O)C(=O)N[C@@H](CCC(N)=O)C(=O)N[C@@H](CCC(N)=O)C(=O)N[C@@H](CCC(N)=O)C(=O)O[C@@H](C)C(=O)N1CCC[C@H]1C(=O)N(C)[C@H](CC(C)C)C(=O)N[C@@H]1C(=O)N[C@@H]([C@@H](C)CC)[C@@H](O)CC(=O)O[C@@H](C(C)C)C(=O)[C@H](C)C(=O)N[C@@H](CC(C)C)C(=O)N2CCC[C@H]2C(=O)N(C)[C@@H](Cc2ccc(OC)cc2)C(=O)O[C@@H]1C. The molecule has 1 aromatic rings. The number of methoxy groups -OCH3 is 1. The number of esters is 3. The van der Waals surface area contributed by atoms with Crippen molar-refractivity contribution in [1.82, 2.24) is 56.8 Å². The number of nitrogens with zero attached hydrogens (tertiary/aromatic N) is 4. The Morgan fingerprint density at radius 2 is 1.18 bits per heavy atom. The van der Waals surface area contributed by atoms with Crippen LogP contribution in [0.25, 0.3) is 0 Å². The minimum absolute atomic E-state index is 0.0249. The summed E-state index contributed by atoms with van der Waals surface area (Å²) in [5.41, 5.74) is 22.3. The van der Waals surface area contributed by atoms with Crippen LogP contribution in [0.15, 0.2) is 24.3 Å². The second kappa shape index (κ2) is 53.0. The molecule has 0 unspecified atom stereocenters. The predicted octanol–water partition coefficient (Wildman–Crippen LogP) is -0.0199. The maximum atomic E-state index is 15.5. The first-order valence-corrected chi connectivity index (χ1v) is 44.2. The second-order valence-corrected chi connectivity index (χ2v) is 34.7. The number of ether oxygens (including phenoxy) is 4. The van der Waals surface area contributed by atoms with Gasteiger partial charge in [0.25, 0.3) is 5.91 Å². The number of hydrogen-bond acceptors (Lipinski definition) is 25. The second-order valence-electron chi connectivity index (χ2n) is 34.7. The van der Waals surface area contributed by atoms with Crippen LogP contribution in [0.3, 0.4) is 0 Å². The Morgan fingerprint density at radius 3 is 1.70 bits per heavy atom. The molecule has 0 saturated carbocycles. The summed E-state index contributed by atoms with van der Waals surface area (Å²) in [7, 11) is 4.05. The molecule has 3 fully saturated rings. The molecule has 0 aliphatic carbocycles. The van der Waals surface area contributed by atoms with Gasteiger partial charge in [0.15, 0.2) is 18.0 Å². The van der Waals surface area contributed by atoms with Crippen LogP contribution < -0.4 is 64.9 Å². The molecule has 3 aliphatic rings. The lowest BCUT2D eigenvalue weighted by Crippen LogP contribution is -2.62. The van der Waals surface area contributed by atoms with E-state index in [-0.39, 0.29) is 70.4 Å². The Labute approximate surface area is 742 Å². The van der Waals surface area contributed by atoms with Crippen LogP contribution in [0.5, 0.6) is 5.75 Å². The lowest BCUT2D eigenvalue weighted by atomic mass is 9.91. The van der Waals surface area contributed by atoms with Crippen LogP contribution in [0, 0.1) is 29.6 Å². The number of carbonyl (C=O) groups excluding carboxylic acids is 19. The topological polar surface area (TPSA) is 603 Å². The first-order valence-electron chi connectivity index (χ1n) is 44.2. The lowest BCUT2D eigenvalue weighted by molar-refractivity contribution is -0.163. The van der Waals surface area contributed by atoms with E-state index in [0.29, 0.717) is 24.2 Å². The van der Waals surface area contributed by atoms with Crippen molar-refractivity contribution >= 4 is 112 Å². The van der Waals surface area contributed by atoms with Gasteiger partial charge in [-0.25, -0.2) is 9.59 Å². The fourth-order valence-electron chi connectivity index (χ4n) is 15.4. The van der Waals surface area contributed by atoms with E-state index in [1.165, 1.54) is 40.0 Å². The number of Topliss-reactive ketones (excluding diaryl/α,β-unsaturated/α-hetero) is 1. The highest BCUT2D eigenvalue weighted by atomic mass is 16.6. The van der Waals surface area contributed by atoms with Gasteiger partial charge in [-0.15, -0.1) is 0 Å². The first kappa shape index (κ1) is 108. The lowest BCUT2D eigenvalue weighted by Gasteiger charge is -2.36. The summed E-state index contributed by atoms with van der Waals surface area (Å²) < 4.78 is 23.0. The molecule has 0 spiro atoms. The molecule has 3 saturated heterocycles. The van der Waals surface area contributed by atoms with Gasteiger partial charge in [-0.2, -0.15) is 0 Å². The van der Waals surface area contributed by atoms with Gasteiger partial charge in [0, 0.05) is 59.3 Å². The number of primary amides is 4. The number of rotatable bonds is 44. The Bertz CT molecular complexity index is 3980.